The highest BCUT2D eigenvalue weighted by Gasteiger charge is 2.22. The largest absolute Gasteiger partial charge is 0.497 e. The number of hydrogen-bond acceptors (Lipinski definition) is 4. The molecule has 0 aliphatic carbocycles. The molecule has 0 aromatic heterocycles. The highest BCUT2D eigenvalue weighted by Crippen LogP contribution is 2.25. The van der Waals surface area contributed by atoms with E-state index in [4.69, 9.17) is 9.47 Å². The number of rotatable bonds is 8. The summed E-state index contributed by atoms with van der Waals surface area (Å²) in [7, 11) is 3.19. The number of nitrogens with one attached hydrogen (secondary N) is 1. The average molecular weight is 423 g/mol. The monoisotopic (exact) mass is 422 g/mol. The molecular weight excluding hydrogens is 392 g/mol. The summed E-state index contributed by atoms with van der Waals surface area (Å²) in [5.41, 5.74) is 1.98. The molecule has 1 N–H and O–H groups in total. The van der Waals surface area contributed by atoms with Gasteiger partial charge in [0, 0.05) is 43.3 Å². The van der Waals surface area contributed by atoms with Crippen LogP contribution in [0.5, 0.6) is 11.5 Å². The molecular formula is C25H30N2O4. The van der Waals surface area contributed by atoms with Crippen LogP contribution in [-0.2, 0) is 16.0 Å². The van der Waals surface area contributed by atoms with Gasteiger partial charge in [0.05, 0.1) is 14.2 Å². The number of piperidine rings is 1. The van der Waals surface area contributed by atoms with Crippen LogP contribution in [0.4, 0.5) is 0 Å². The highest BCUT2D eigenvalue weighted by molar-refractivity contribution is 5.92. The number of hydrogen-bond donors (Lipinski definition) is 1. The zero-order valence-corrected chi connectivity index (χ0v) is 18.2. The molecule has 1 saturated heterocycles. The zero-order chi connectivity index (χ0) is 22.1. The van der Waals surface area contributed by atoms with E-state index in [1.165, 1.54) is 5.56 Å². The number of amides is 2. The smallest absolute Gasteiger partial charge is 0.246 e. The Balaban J connectivity index is 1.44. The number of carbonyl (C=O) groups excluding carboxylic acids is 2. The Hall–Kier alpha value is -3.28. The van der Waals surface area contributed by atoms with Gasteiger partial charge in [-0.3, -0.25) is 9.59 Å². The molecule has 3 rings (SSSR count). The fraction of sp³-hybridized carbons (Fsp3) is 0.360. The number of aryl methyl sites for hydroxylation is 1. The minimum Gasteiger partial charge on any atom is -0.497 e. The second-order valence-electron chi connectivity index (χ2n) is 7.59. The molecule has 164 valence electrons. The van der Waals surface area contributed by atoms with Crippen molar-refractivity contribution >= 4 is 17.9 Å². The lowest BCUT2D eigenvalue weighted by molar-refractivity contribution is -0.127. The van der Waals surface area contributed by atoms with Crippen molar-refractivity contribution < 1.29 is 19.1 Å². The molecule has 31 heavy (non-hydrogen) atoms. The molecule has 1 aliphatic rings. The van der Waals surface area contributed by atoms with Crippen molar-refractivity contribution in [3.05, 3.63) is 65.7 Å². The topological polar surface area (TPSA) is 67.9 Å². The third-order valence-corrected chi connectivity index (χ3v) is 5.50. The Labute approximate surface area is 183 Å². The van der Waals surface area contributed by atoms with Crippen LogP contribution in [0, 0.1) is 0 Å². The summed E-state index contributed by atoms with van der Waals surface area (Å²) < 4.78 is 10.6. The standard InChI is InChI=1S/C25H30N2O4/c1-30-22-11-9-20(23(18-22)31-2)10-13-25(29)27-16-14-21(15-17-27)26-24(28)12-8-19-6-4-3-5-7-19/h3-7,9-11,13,18,21H,8,12,14-17H2,1-2H3,(H,26,28). The van der Waals surface area contributed by atoms with E-state index in [-0.39, 0.29) is 17.9 Å². The van der Waals surface area contributed by atoms with Crippen LogP contribution in [0.3, 0.4) is 0 Å². The second kappa shape index (κ2) is 11.2. The Kier molecular flexibility index (Phi) is 8.10. The number of nitrogens with zero attached hydrogens (tertiary/aromatic N) is 1. The van der Waals surface area contributed by atoms with Gasteiger partial charge in [0.2, 0.25) is 11.8 Å². The maximum absolute atomic E-state index is 12.6. The van der Waals surface area contributed by atoms with Gasteiger partial charge < -0.3 is 19.7 Å². The third kappa shape index (κ3) is 6.60. The average Bonchev–Trinajstić information content (AvgIpc) is 2.82. The molecule has 2 aromatic rings. The minimum absolute atomic E-state index is 0.0354. The summed E-state index contributed by atoms with van der Waals surface area (Å²) in [6.45, 7) is 1.26. The number of benzene rings is 2. The fourth-order valence-corrected chi connectivity index (χ4v) is 3.67. The van der Waals surface area contributed by atoms with Crippen LogP contribution in [0.1, 0.15) is 30.4 Å². The molecule has 1 aliphatic heterocycles. The van der Waals surface area contributed by atoms with Gasteiger partial charge in [0.1, 0.15) is 11.5 Å². The first-order chi connectivity index (χ1) is 15.1. The van der Waals surface area contributed by atoms with E-state index in [2.05, 4.69) is 5.32 Å². The van der Waals surface area contributed by atoms with E-state index in [9.17, 15) is 9.59 Å². The molecule has 1 heterocycles. The summed E-state index contributed by atoms with van der Waals surface area (Å²) in [6.07, 6.45) is 6.09. The van der Waals surface area contributed by atoms with E-state index >= 15 is 0 Å². The normalized spacial score (nSPS) is 14.5. The molecule has 2 amide bonds. The van der Waals surface area contributed by atoms with E-state index in [0.717, 1.165) is 24.8 Å². The zero-order valence-electron chi connectivity index (χ0n) is 18.2. The predicted molar refractivity (Wildman–Crippen MR) is 121 cm³/mol. The van der Waals surface area contributed by atoms with Gasteiger partial charge in [-0.25, -0.2) is 0 Å². The SMILES string of the molecule is COc1ccc(C=CC(=O)N2CCC(NC(=O)CCc3ccccc3)CC2)c(OC)c1. The Bertz CT molecular complexity index is 903. The summed E-state index contributed by atoms with van der Waals surface area (Å²) >= 11 is 0. The Morgan fingerprint density at radius 3 is 2.48 bits per heavy atom. The van der Waals surface area contributed by atoms with Crippen LogP contribution in [-0.4, -0.2) is 50.1 Å². The van der Waals surface area contributed by atoms with E-state index in [1.54, 1.807) is 32.4 Å². The maximum Gasteiger partial charge on any atom is 0.246 e. The first kappa shape index (κ1) is 22.4. The van der Waals surface area contributed by atoms with Gasteiger partial charge in [0.25, 0.3) is 0 Å². The Morgan fingerprint density at radius 2 is 1.81 bits per heavy atom. The van der Waals surface area contributed by atoms with Crippen molar-refractivity contribution in [3.8, 4) is 11.5 Å². The van der Waals surface area contributed by atoms with Gasteiger partial charge in [-0.05, 0) is 43.0 Å². The summed E-state index contributed by atoms with van der Waals surface area (Å²) in [6, 6.07) is 15.6. The van der Waals surface area contributed by atoms with Crippen molar-refractivity contribution in [3.63, 3.8) is 0 Å². The first-order valence-electron chi connectivity index (χ1n) is 10.6. The van der Waals surface area contributed by atoms with Crippen molar-refractivity contribution in [2.24, 2.45) is 0 Å². The minimum atomic E-state index is -0.0354. The predicted octanol–water partition coefficient (Wildman–Crippen LogP) is 3.46. The lowest BCUT2D eigenvalue weighted by Crippen LogP contribution is -2.46. The number of carbonyl (C=O) groups is 2. The maximum atomic E-state index is 12.6. The molecule has 6 nitrogen and oxygen atoms in total. The van der Waals surface area contributed by atoms with Crippen LogP contribution in [0.2, 0.25) is 0 Å². The number of methoxy groups -OCH3 is 2. The van der Waals surface area contributed by atoms with Gasteiger partial charge in [-0.1, -0.05) is 30.3 Å². The van der Waals surface area contributed by atoms with Crippen LogP contribution >= 0.6 is 0 Å². The lowest BCUT2D eigenvalue weighted by atomic mass is 10.0. The fourth-order valence-electron chi connectivity index (χ4n) is 3.67. The van der Waals surface area contributed by atoms with E-state index < -0.39 is 0 Å². The first-order valence-corrected chi connectivity index (χ1v) is 10.6. The molecule has 0 atom stereocenters. The third-order valence-electron chi connectivity index (χ3n) is 5.50. The molecule has 0 spiro atoms. The number of likely N-dealkylation sites (tertiary alicyclic amines) is 1. The molecule has 0 bridgehead atoms. The van der Waals surface area contributed by atoms with Gasteiger partial charge in [-0.15, -0.1) is 0 Å². The van der Waals surface area contributed by atoms with Gasteiger partial charge in [-0.2, -0.15) is 0 Å². The Morgan fingerprint density at radius 1 is 1.06 bits per heavy atom. The number of ether oxygens (including phenoxy) is 2. The molecule has 1 fully saturated rings. The van der Waals surface area contributed by atoms with Crippen LogP contribution < -0.4 is 14.8 Å². The van der Waals surface area contributed by atoms with Crippen molar-refractivity contribution in [1.29, 1.82) is 0 Å². The highest BCUT2D eigenvalue weighted by atomic mass is 16.5. The van der Waals surface area contributed by atoms with E-state index in [1.807, 2.05) is 47.4 Å². The summed E-state index contributed by atoms with van der Waals surface area (Å²) in [5.74, 6) is 1.39. The summed E-state index contributed by atoms with van der Waals surface area (Å²) in [4.78, 5) is 26.6. The van der Waals surface area contributed by atoms with Crippen molar-refractivity contribution in [2.75, 3.05) is 27.3 Å². The van der Waals surface area contributed by atoms with Gasteiger partial charge in [0.15, 0.2) is 0 Å². The van der Waals surface area contributed by atoms with Crippen LogP contribution in [0.25, 0.3) is 6.08 Å². The van der Waals surface area contributed by atoms with Crippen LogP contribution in [0.15, 0.2) is 54.6 Å². The van der Waals surface area contributed by atoms with E-state index in [0.29, 0.717) is 31.0 Å². The molecule has 0 unspecified atom stereocenters. The quantitative estimate of drug-likeness (QED) is 0.662. The van der Waals surface area contributed by atoms with Gasteiger partial charge >= 0.3 is 0 Å². The summed E-state index contributed by atoms with van der Waals surface area (Å²) in [5, 5.41) is 3.11. The molecule has 6 heteroatoms. The van der Waals surface area contributed by atoms with Crippen molar-refractivity contribution in [2.45, 2.75) is 31.7 Å². The molecule has 0 radical (unpaired) electrons. The van der Waals surface area contributed by atoms with Crippen molar-refractivity contribution in [1.82, 2.24) is 10.2 Å². The lowest BCUT2D eigenvalue weighted by Gasteiger charge is -2.31. The second-order valence-corrected chi connectivity index (χ2v) is 7.59. The molecule has 2 aromatic carbocycles. The molecule has 0 saturated carbocycles.